The number of carbonyl (C=O) groups is 1. The zero-order valence-electron chi connectivity index (χ0n) is 7.55. The summed E-state index contributed by atoms with van der Waals surface area (Å²) in [5.74, 6) is -0.120. The highest BCUT2D eigenvalue weighted by Crippen LogP contribution is 2.42. The Hall–Kier alpha value is -1.10. The maximum Gasteiger partial charge on any atom is 0.169 e. The fourth-order valence-corrected chi connectivity index (χ4v) is 1.44. The fourth-order valence-electron chi connectivity index (χ4n) is 1.44. The molecule has 0 radical (unpaired) electrons. The van der Waals surface area contributed by atoms with Crippen molar-refractivity contribution in [2.45, 2.75) is 33.1 Å². The molecule has 2 nitrogen and oxygen atoms in total. The Balaban J connectivity index is 2.78. The van der Waals surface area contributed by atoms with E-state index in [1.807, 2.05) is 12.1 Å². The van der Waals surface area contributed by atoms with Crippen molar-refractivity contribution in [2.24, 2.45) is 5.41 Å². The Morgan fingerprint density at radius 3 is 2.42 bits per heavy atom. The van der Waals surface area contributed by atoms with Gasteiger partial charge in [0.15, 0.2) is 5.78 Å². The first kappa shape index (κ1) is 8.99. The van der Waals surface area contributed by atoms with Crippen molar-refractivity contribution in [3.05, 3.63) is 11.6 Å². The maximum absolute atomic E-state index is 10.9. The van der Waals surface area contributed by atoms with Crippen LogP contribution in [0.15, 0.2) is 11.6 Å². The molecular formula is C10H13NO. The fraction of sp³-hybridized carbons (Fsp3) is 0.600. The van der Waals surface area contributed by atoms with Crippen LogP contribution in [0.3, 0.4) is 0 Å². The van der Waals surface area contributed by atoms with Crippen LogP contribution in [0.1, 0.15) is 33.1 Å². The Morgan fingerprint density at radius 2 is 2.17 bits per heavy atom. The molecule has 0 aromatic carbocycles. The standard InChI is InChI=1S/C10H13NO/c1-8(12)9(7-11)6-10(2)4-3-5-10/h6H,3-5H2,1-2H3/b9-6+. The van der Waals surface area contributed by atoms with E-state index in [0.29, 0.717) is 5.57 Å². The van der Waals surface area contributed by atoms with E-state index in [-0.39, 0.29) is 11.2 Å². The molecule has 12 heavy (non-hydrogen) atoms. The largest absolute Gasteiger partial charge is 0.294 e. The number of carbonyl (C=O) groups excluding carboxylic acids is 1. The van der Waals surface area contributed by atoms with E-state index in [1.165, 1.54) is 13.3 Å². The SMILES string of the molecule is CC(=O)/C(C#N)=C/C1(C)CCC1. The van der Waals surface area contributed by atoms with Crippen LogP contribution in [0.4, 0.5) is 0 Å². The van der Waals surface area contributed by atoms with Gasteiger partial charge in [-0.05, 0) is 25.2 Å². The van der Waals surface area contributed by atoms with Gasteiger partial charge in [-0.1, -0.05) is 19.4 Å². The van der Waals surface area contributed by atoms with Gasteiger partial charge in [-0.2, -0.15) is 5.26 Å². The molecule has 0 heterocycles. The van der Waals surface area contributed by atoms with Gasteiger partial charge in [0, 0.05) is 0 Å². The van der Waals surface area contributed by atoms with Crippen molar-refractivity contribution in [3.8, 4) is 6.07 Å². The lowest BCUT2D eigenvalue weighted by Crippen LogP contribution is -2.23. The summed E-state index contributed by atoms with van der Waals surface area (Å²) in [6.45, 7) is 3.54. The molecule has 64 valence electrons. The average Bonchev–Trinajstić information content (AvgIpc) is 1.96. The van der Waals surface area contributed by atoms with Crippen LogP contribution in [-0.2, 0) is 4.79 Å². The summed E-state index contributed by atoms with van der Waals surface area (Å²) in [5, 5.41) is 8.64. The topological polar surface area (TPSA) is 40.9 Å². The van der Waals surface area contributed by atoms with Gasteiger partial charge in [-0.3, -0.25) is 4.79 Å². The molecule has 1 aliphatic rings. The molecule has 0 atom stereocenters. The monoisotopic (exact) mass is 163 g/mol. The smallest absolute Gasteiger partial charge is 0.169 e. The summed E-state index contributed by atoms with van der Waals surface area (Å²) >= 11 is 0. The molecule has 1 saturated carbocycles. The Bertz CT molecular complexity index is 266. The van der Waals surface area contributed by atoms with E-state index in [9.17, 15) is 4.79 Å². The number of rotatable bonds is 2. The predicted octanol–water partition coefficient (Wildman–Crippen LogP) is 2.22. The van der Waals surface area contributed by atoms with Crippen molar-refractivity contribution in [1.29, 1.82) is 5.26 Å². The van der Waals surface area contributed by atoms with Crippen LogP contribution in [0.25, 0.3) is 0 Å². The summed E-state index contributed by atoms with van der Waals surface area (Å²) in [4.78, 5) is 10.9. The van der Waals surface area contributed by atoms with E-state index in [1.54, 1.807) is 0 Å². The first-order chi connectivity index (χ1) is 5.57. The second kappa shape index (κ2) is 3.10. The van der Waals surface area contributed by atoms with Crippen molar-refractivity contribution < 1.29 is 4.79 Å². The second-order valence-corrected chi connectivity index (χ2v) is 3.73. The van der Waals surface area contributed by atoms with Gasteiger partial charge in [-0.15, -0.1) is 0 Å². The lowest BCUT2D eigenvalue weighted by Gasteiger charge is -2.35. The molecule has 0 bridgehead atoms. The predicted molar refractivity (Wildman–Crippen MR) is 46.3 cm³/mol. The molecule has 0 amide bonds. The van der Waals surface area contributed by atoms with E-state index in [0.717, 1.165) is 12.8 Å². The lowest BCUT2D eigenvalue weighted by molar-refractivity contribution is -0.113. The highest BCUT2D eigenvalue weighted by Gasteiger charge is 2.30. The minimum Gasteiger partial charge on any atom is -0.294 e. The first-order valence-electron chi connectivity index (χ1n) is 4.21. The summed E-state index contributed by atoms with van der Waals surface area (Å²) in [6, 6.07) is 1.94. The molecule has 0 N–H and O–H groups in total. The van der Waals surface area contributed by atoms with Crippen molar-refractivity contribution in [2.75, 3.05) is 0 Å². The maximum atomic E-state index is 10.9. The summed E-state index contributed by atoms with van der Waals surface area (Å²) in [6.07, 6.45) is 5.25. The third-order valence-electron chi connectivity index (χ3n) is 2.49. The van der Waals surface area contributed by atoms with E-state index in [4.69, 9.17) is 5.26 Å². The molecular weight excluding hydrogens is 150 g/mol. The van der Waals surface area contributed by atoms with Gasteiger partial charge in [0.1, 0.15) is 6.07 Å². The number of hydrogen-bond acceptors (Lipinski definition) is 2. The van der Waals surface area contributed by atoms with Gasteiger partial charge in [-0.25, -0.2) is 0 Å². The van der Waals surface area contributed by atoms with Crippen molar-refractivity contribution in [1.82, 2.24) is 0 Å². The number of nitriles is 1. The summed E-state index contributed by atoms with van der Waals surface area (Å²) in [5.41, 5.74) is 0.439. The zero-order chi connectivity index (χ0) is 9.19. The molecule has 1 fully saturated rings. The number of hydrogen-bond donors (Lipinski definition) is 0. The van der Waals surface area contributed by atoms with Crippen LogP contribution < -0.4 is 0 Å². The van der Waals surface area contributed by atoms with E-state index in [2.05, 4.69) is 6.92 Å². The summed E-state index contributed by atoms with van der Waals surface area (Å²) in [7, 11) is 0. The van der Waals surface area contributed by atoms with Crippen LogP contribution in [0.5, 0.6) is 0 Å². The number of Topliss-reactive ketones (excluding diaryl/α,β-unsaturated/α-hetero) is 1. The third-order valence-corrected chi connectivity index (χ3v) is 2.49. The third kappa shape index (κ3) is 1.73. The van der Waals surface area contributed by atoms with Gasteiger partial charge in [0.2, 0.25) is 0 Å². The van der Waals surface area contributed by atoms with E-state index < -0.39 is 0 Å². The van der Waals surface area contributed by atoms with Crippen LogP contribution in [0, 0.1) is 16.7 Å². The Morgan fingerprint density at radius 1 is 1.58 bits per heavy atom. The van der Waals surface area contributed by atoms with Gasteiger partial charge in [0.05, 0.1) is 5.57 Å². The number of allylic oxidation sites excluding steroid dienone is 2. The van der Waals surface area contributed by atoms with Crippen LogP contribution in [-0.4, -0.2) is 5.78 Å². The van der Waals surface area contributed by atoms with Crippen molar-refractivity contribution in [3.63, 3.8) is 0 Å². The van der Waals surface area contributed by atoms with Crippen LogP contribution >= 0.6 is 0 Å². The van der Waals surface area contributed by atoms with Gasteiger partial charge >= 0.3 is 0 Å². The molecule has 0 unspecified atom stereocenters. The first-order valence-corrected chi connectivity index (χ1v) is 4.21. The van der Waals surface area contributed by atoms with Gasteiger partial charge in [0.25, 0.3) is 0 Å². The normalized spacial score (nSPS) is 20.9. The highest BCUT2D eigenvalue weighted by molar-refractivity contribution is 5.97. The average molecular weight is 163 g/mol. The number of ketones is 1. The molecule has 0 saturated heterocycles. The Labute approximate surface area is 72.9 Å². The Kier molecular flexibility index (Phi) is 2.32. The molecule has 0 aliphatic heterocycles. The molecule has 0 spiro atoms. The minimum atomic E-state index is -0.120. The molecule has 1 rings (SSSR count). The number of nitrogens with zero attached hydrogens (tertiary/aromatic N) is 1. The van der Waals surface area contributed by atoms with E-state index >= 15 is 0 Å². The molecule has 1 aliphatic carbocycles. The highest BCUT2D eigenvalue weighted by atomic mass is 16.1. The molecule has 0 aromatic rings. The quantitative estimate of drug-likeness (QED) is 0.462. The molecule has 0 aromatic heterocycles. The second-order valence-electron chi connectivity index (χ2n) is 3.73. The molecule has 2 heteroatoms. The zero-order valence-corrected chi connectivity index (χ0v) is 7.55. The lowest BCUT2D eigenvalue weighted by atomic mass is 9.69. The summed E-state index contributed by atoms with van der Waals surface area (Å²) < 4.78 is 0. The van der Waals surface area contributed by atoms with Gasteiger partial charge < -0.3 is 0 Å². The van der Waals surface area contributed by atoms with Crippen molar-refractivity contribution >= 4 is 5.78 Å². The van der Waals surface area contributed by atoms with Crippen LogP contribution in [0.2, 0.25) is 0 Å². The minimum absolute atomic E-state index is 0.120.